The molecule has 1 fully saturated rings. The Bertz CT molecular complexity index is 381. The predicted molar refractivity (Wildman–Crippen MR) is 64.5 cm³/mol. The normalized spacial score (nSPS) is 30.7. The highest BCUT2D eigenvalue weighted by Gasteiger charge is 2.37. The summed E-state index contributed by atoms with van der Waals surface area (Å²) in [4.78, 5) is 4.10. The first kappa shape index (κ1) is 11.0. The molecule has 2 nitrogen and oxygen atoms in total. The molecule has 0 spiro atoms. The lowest BCUT2D eigenvalue weighted by Crippen LogP contribution is -2.20. The molecule has 0 amide bonds. The summed E-state index contributed by atoms with van der Waals surface area (Å²) in [5, 5.41) is 0.881. The predicted octanol–water partition coefficient (Wildman–Crippen LogP) is 3.37. The van der Waals surface area contributed by atoms with Crippen LogP contribution in [0, 0.1) is 0 Å². The van der Waals surface area contributed by atoms with E-state index >= 15 is 0 Å². The van der Waals surface area contributed by atoms with Crippen molar-refractivity contribution in [1.29, 1.82) is 0 Å². The molecule has 0 aliphatic heterocycles. The molecule has 1 aromatic heterocycles. The number of alkyl halides is 1. The van der Waals surface area contributed by atoms with Crippen LogP contribution in [0.25, 0.3) is 0 Å². The molecule has 0 saturated heterocycles. The number of halogens is 2. The molecular weight excluding hydrogens is 231 g/mol. The second-order valence-electron chi connectivity index (χ2n) is 4.49. The summed E-state index contributed by atoms with van der Waals surface area (Å²) in [6, 6.07) is 1.92. The maximum Gasteiger partial charge on any atom is 0.127 e. The van der Waals surface area contributed by atoms with Gasteiger partial charge >= 0.3 is 0 Å². The Morgan fingerprint density at radius 1 is 1.60 bits per heavy atom. The van der Waals surface area contributed by atoms with Gasteiger partial charge in [-0.25, -0.2) is 4.98 Å². The number of pyridine rings is 1. The van der Waals surface area contributed by atoms with Gasteiger partial charge in [-0.05, 0) is 30.7 Å². The molecule has 1 heterocycles. The van der Waals surface area contributed by atoms with E-state index in [2.05, 4.69) is 11.9 Å². The van der Waals surface area contributed by atoms with Gasteiger partial charge in [-0.2, -0.15) is 0 Å². The van der Waals surface area contributed by atoms with E-state index in [1.807, 2.05) is 6.07 Å². The number of rotatable bonds is 1. The Hall–Kier alpha value is -0.470. The van der Waals surface area contributed by atoms with Gasteiger partial charge < -0.3 is 5.73 Å². The summed E-state index contributed by atoms with van der Waals surface area (Å²) < 4.78 is 0. The van der Waals surface area contributed by atoms with E-state index in [4.69, 9.17) is 28.9 Å². The quantitative estimate of drug-likeness (QED) is 0.770. The molecular formula is C11H14Cl2N2. The molecule has 15 heavy (non-hydrogen) atoms. The summed E-state index contributed by atoms with van der Waals surface area (Å²) in [6.07, 6.45) is 4.61. The average Bonchev–Trinajstić information content (AvgIpc) is 2.52. The van der Waals surface area contributed by atoms with Gasteiger partial charge in [-0.15, -0.1) is 11.6 Å². The van der Waals surface area contributed by atoms with Crippen LogP contribution in [0.1, 0.15) is 31.7 Å². The van der Waals surface area contributed by atoms with Crippen LogP contribution < -0.4 is 5.73 Å². The largest absolute Gasteiger partial charge is 0.383 e. The molecule has 1 aliphatic carbocycles. The Kier molecular flexibility index (Phi) is 2.82. The first-order valence-corrected chi connectivity index (χ1v) is 5.88. The van der Waals surface area contributed by atoms with Gasteiger partial charge in [0.25, 0.3) is 0 Å². The van der Waals surface area contributed by atoms with Crippen LogP contribution in [0.3, 0.4) is 0 Å². The van der Waals surface area contributed by atoms with E-state index < -0.39 is 0 Å². The fourth-order valence-corrected chi connectivity index (χ4v) is 2.95. The van der Waals surface area contributed by atoms with E-state index in [-0.39, 0.29) is 10.8 Å². The summed E-state index contributed by atoms with van der Waals surface area (Å²) >= 11 is 12.1. The fraction of sp³-hybridized carbons (Fsp3) is 0.545. The van der Waals surface area contributed by atoms with Crippen LogP contribution in [0.5, 0.6) is 0 Å². The molecule has 2 N–H and O–H groups in total. The maximum absolute atomic E-state index is 6.14. The van der Waals surface area contributed by atoms with Gasteiger partial charge in [0.1, 0.15) is 5.82 Å². The Labute approximate surface area is 99.8 Å². The topological polar surface area (TPSA) is 38.9 Å². The molecule has 2 atom stereocenters. The smallest absolute Gasteiger partial charge is 0.127 e. The number of nitrogens with two attached hydrogens (primary N) is 1. The Morgan fingerprint density at radius 2 is 2.33 bits per heavy atom. The summed E-state index contributed by atoms with van der Waals surface area (Å²) in [5.41, 5.74) is 6.96. The van der Waals surface area contributed by atoms with Crippen LogP contribution in [0.2, 0.25) is 5.02 Å². The molecule has 1 aromatic rings. The number of nitrogen functional groups attached to an aromatic ring is 1. The molecule has 0 bridgehead atoms. The third-order valence-corrected chi connectivity index (χ3v) is 3.80. The lowest BCUT2D eigenvalue weighted by atomic mass is 9.81. The van der Waals surface area contributed by atoms with E-state index in [1.165, 1.54) is 0 Å². The van der Waals surface area contributed by atoms with E-state index in [0.29, 0.717) is 10.8 Å². The second-order valence-corrected chi connectivity index (χ2v) is 5.54. The zero-order valence-electron chi connectivity index (χ0n) is 8.63. The molecule has 2 rings (SSSR count). The van der Waals surface area contributed by atoms with Crippen LogP contribution in [-0.4, -0.2) is 10.4 Å². The third-order valence-electron chi connectivity index (χ3n) is 3.22. The van der Waals surface area contributed by atoms with Gasteiger partial charge in [-0.1, -0.05) is 18.5 Å². The van der Waals surface area contributed by atoms with Crippen molar-refractivity contribution in [2.75, 3.05) is 5.73 Å². The number of hydrogen-bond donors (Lipinski definition) is 1. The summed E-state index contributed by atoms with van der Waals surface area (Å²) in [6.45, 7) is 2.18. The minimum Gasteiger partial charge on any atom is -0.383 e. The molecule has 0 radical (unpaired) electrons. The van der Waals surface area contributed by atoms with Crippen molar-refractivity contribution in [3.05, 3.63) is 22.8 Å². The minimum atomic E-state index is 0.0361. The van der Waals surface area contributed by atoms with E-state index in [1.54, 1.807) is 6.20 Å². The summed E-state index contributed by atoms with van der Waals surface area (Å²) in [7, 11) is 0. The first-order chi connectivity index (χ1) is 7.01. The second kappa shape index (κ2) is 3.84. The average molecular weight is 245 g/mol. The van der Waals surface area contributed by atoms with Gasteiger partial charge in [-0.3, -0.25) is 0 Å². The minimum absolute atomic E-state index is 0.0361. The molecule has 0 aromatic carbocycles. The highest BCUT2D eigenvalue weighted by Crippen LogP contribution is 2.44. The monoisotopic (exact) mass is 244 g/mol. The maximum atomic E-state index is 6.14. The summed E-state index contributed by atoms with van der Waals surface area (Å²) in [5.74, 6) is 0.577. The molecule has 82 valence electrons. The lowest BCUT2D eigenvalue weighted by Gasteiger charge is -2.25. The number of anilines is 1. The highest BCUT2D eigenvalue weighted by molar-refractivity contribution is 6.30. The molecule has 1 aliphatic rings. The van der Waals surface area contributed by atoms with E-state index in [9.17, 15) is 0 Å². The molecule has 2 unspecified atom stereocenters. The molecule has 1 saturated carbocycles. The van der Waals surface area contributed by atoms with Gasteiger partial charge in [0, 0.05) is 17.1 Å². The third kappa shape index (κ3) is 2.06. The zero-order valence-corrected chi connectivity index (χ0v) is 10.1. The van der Waals surface area contributed by atoms with Crippen molar-refractivity contribution in [2.24, 2.45) is 0 Å². The lowest BCUT2D eigenvalue weighted by molar-refractivity contribution is 0.492. The zero-order chi connectivity index (χ0) is 11.1. The van der Waals surface area contributed by atoms with Crippen molar-refractivity contribution in [3.63, 3.8) is 0 Å². The van der Waals surface area contributed by atoms with Gasteiger partial charge in [0.2, 0.25) is 0 Å². The SMILES string of the molecule is CC1(c2cc(Cl)cnc2N)CCC(Cl)C1. The van der Waals surface area contributed by atoms with Crippen LogP contribution in [-0.2, 0) is 5.41 Å². The van der Waals surface area contributed by atoms with Gasteiger partial charge in [0.05, 0.1) is 5.02 Å². The molecule has 4 heteroatoms. The van der Waals surface area contributed by atoms with Crippen LogP contribution in [0.4, 0.5) is 5.82 Å². The Morgan fingerprint density at radius 3 is 2.93 bits per heavy atom. The van der Waals surface area contributed by atoms with Crippen molar-refractivity contribution < 1.29 is 0 Å². The number of hydrogen-bond acceptors (Lipinski definition) is 2. The van der Waals surface area contributed by atoms with E-state index in [0.717, 1.165) is 24.8 Å². The van der Waals surface area contributed by atoms with Crippen LogP contribution in [0.15, 0.2) is 12.3 Å². The van der Waals surface area contributed by atoms with Crippen molar-refractivity contribution >= 4 is 29.0 Å². The van der Waals surface area contributed by atoms with Crippen molar-refractivity contribution in [1.82, 2.24) is 4.98 Å². The van der Waals surface area contributed by atoms with Crippen molar-refractivity contribution in [3.8, 4) is 0 Å². The Balaban J connectivity index is 2.40. The first-order valence-electron chi connectivity index (χ1n) is 5.07. The van der Waals surface area contributed by atoms with Gasteiger partial charge in [0.15, 0.2) is 0 Å². The number of aromatic nitrogens is 1. The van der Waals surface area contributed by atoms with Crippen molar-refractivity contribution in [2.45, 2.75) is 37.0 Å². The number of nitrogens with zero attached hydrogens (tertiary/aromatic N) is 1. The standard InChI is InChI=1S/C11H14Cl2N2/c1-11(3-2-7(12)5-11)9-4-8(13)6-15-10(9)14/h4,6-7H,2-3,5H2,1H3,(H2,14,15). The fourth-order valence-electron chi connectivity index (χ4n) is 2.35. The van der Waals surface area contributed by atoms with Crippen LogP contribution >= 0.6 is 23.2 Å². The highest BCUT2D eigenvalue weighted by atomic mass is 35.5.